The third kappa shape index (κ3) is 5.63. The van der Waals surface area contributed by atoms with Gasteiger partial charge in [0, 0.05) is 32.0 Å². The van der Waals surface area contributed by atoms with E-state index in [4.69, 9.17) is 4.74 Å². The molecule has 1 aromatic carbocycles. The minimum atomic E-state index is 0.613. The summed E-state index contributed by atoms with van der Waals surface area (Å²) in [5.74, 6) is 1.65. The molecule has 2 rings (SSSR count). The van der Waals surface area contributed by atoms with Crippen LogP contribution in [0.5, 0.6) is 5.75 Å². The summed E-state index contributed by atoms with van der Waals surface area (Å²) in [7, 11) is 1.66. The second-order valence-electron chi connectivity index (χ2n) is 5.01. The summed E-state index contributed by atoms with van der Waals surface area (Å²) in [5.41, 5.74) is 1.13. The summed E-state index contributed by atoms with van der Waals surface area (Å²) >= 11 is 3.50. The van der Waals surface area contributed by atoms with Crippen molar-refractivity contribution >= 4 is 21.9 Å². The SMILES string of the molecule is CCNC(=NCc1ccc(OC)c(Br)c1)NCCn1cccc1. The predicted octanol–water partition coefficient (Wildman–Crippen LogP) is 3.01. The molecule has 0 aliphatic rings. The van der Waals surface area contributed by atoms with E-state index in [1.165, 1.54) is 0 Å². The number of hydrogen-bond acceptors (Lipinski definition) is 2. The number of halogens is 1. The molecule has 5 nitrogen and oxygen atoms in total. The lowest BCUT2D eigenvalue weighted by molar-refractivity contribution is 0.412. The zero-order chi connectivity index (χ0) is 16.5. The molecule has 0 aliphatic heterocycles. The topological polar surface area (TPSA) is 50.6 Å². The highest BCUT2D eigenvalue weighted by molar-refractivity contribution is 9.10. The summed E-state index contributed by atoms with van der Waals surface area (Å²) in [6.07, 6.45) is 4.11. The lowest BCUT2D eigenvalue weighted by Gasteiger charge is -2.12. The Balaban J connectivity index is 1.90. The Kier molecular flexibility index (Phi) is 7.00. The fraction of sp³-hybridized carbons (Fsp3) is 0.353. The molecule has 1 aromatic heterocycles. The predicted molar refractivity (Wildman–Crippen MR) is 97.9 cm³/mol. The summed E-state index contributed by atoms with van der Waals surface area (Å²) in [5, 5.41) is 6.61. The fourth-order valence-corrected chi connectivity index (χ4v) is 2.73. The number of guanidine groups is 1. The molecule has 2 aromatic rings. The van der Waals surface area contributed by atoms with E-state index in [0.717, 1.165) is 41.4 Å². The summed E-state index contributed by atoms with van der Waals surface area (Å²) < 4.78 is 8.32. The number of aliphatic imine (C=N–C) groups is 1. The van der Waals surface area contributed by atoms with Crippen molar-refractivity contribution in [3.8, 4) is 5.75 Å². The molecule has 0 amide bonds. The van der Waals surface area contributed by atoms with Crippen LogP contribution >= 0.6 is 15.9 Å². The first kappa shape index (κ1) is 17.4. The van der Waals surface area contributed by atoms with Crippen LogP contribution in [0.4, 0.5) is 0 Å². The van der Waals surface area contributed by atoms with Crippen molar-refractivity contribution in [1.29, 1.82) is 0 Å². The normalized spacial score (nSPS) is 11.3. The van der Waals surface area contributed by atoms with Crippen molar-refractivity contribution in [2.45, 2.75) is 20.0 Å². The van der Waals surface area contributed by atoms with Gasteiger partial charge in [0.15, 0.2) is 5.96 Å². The minimum absolute atomic E-state index is 0.613. The highest BCUT2D eigenvalue weighted by atomic mass is 79.9. The van der Waals surface area contributed by atoms with Crippen LogP contribution < -0.4 is 15.4 Å². The monoisotopic (exact) mass is 378 g/mol. The smallest absolute Gasteiger partial charge is 0.191 e. The summed E-state index contributed by atoms with van der Waals surface area (Å²) in [4.78, 5) is 4.62. The van der Waals surface area contributed by atoms with Crippen LogP contribution in [-0.2, 0) is 13.1 Å². The molecule has 2 N–H and O–H groups in total. The zero-order valence-corrected chi connectivity index (χ0v) is 15.1. The Morgan fingerprint density at radius 1 is 1.26 bits per heavy atom. The van der Waals surface area contributed by atoms with E-state index < -0.39 is 0 Å². The number of rotatable bonds is 7. The van der Waals surface area contributed by atoms with E-state index in [1.54, 1.807) is 7.11 Å². The molecular formula is C17H23BrN4O. The molecule has 0 bridgehead atoms. The van der Waals surface area contributed by atoms with Crippen molar-refractivity contribution in [3.63, 3.8) is 0 Å². The molecule has 0 aliphatic carbocycles. The molecule has 124 valence electrons. The Bertz CT molecular complexity index is 626. The van der Waals surface area contributed by atoms with E-state index in [1.807, 2.05) is 30.3 Å². The first-order valence-corrected chi connectivity index (χ1v) is 8.47. The van der Waals surface area contributed by atoms with Crippen LogP contribution in [0, 0.1) is 0 Å². The molecule has 0 saturated heterocycles. The maximum absolute atomic E-state index is 5.24. The molecule has 0 atom stereocenters. The maximum atomic E-state index is 5.24. The van der Waals surface area contributed by atoms with Gasteiger partial charge in [0.05, 0.1) is 18.1 Å². The minimum Gasteiger partial charge on any atom is -0.496 e. The van der Waals surface area contributed by atoms with E-state index in [-0.39, 0.29) is 0 Å². The van der Waals surface area contributed by atoms with Gasteiger partial charge < -0.3 is 19.9 Å². The summed E-state index contributed by atoms with van der Waals surface area (Å²) in [6.45, 7) is 5.24. The number of aromatic nitrogens is 1. The first-order chi connectivity index (χ1) is 11.2. The molecule has 0 fully saturated rings. The summed E-state index contributed by atoms with van der Waals surface area (Å²) in [6, 6.07) is 10.1. The van der Waals surface area contributed by atoms with Crippen LogP contribution in [-0.4, -0.2) is 30.7 Å². The van der Waals surface area contributed by atoms with Crippen molar-refractivity contribution < 1.29 is 4.74 Å². The Hall–Kier alpha value is -1.95. The molecule has 6 heteroatoms. The third-order valence-corrected chi connectivity index (χ3v) is 3.93. The number of benzene rings is 1. The number of nitrogens with zero attached hydrogens (tertiary/aromatic N) is 2. The van der Waals surface area contributed by atoms with Gasteiger partial charge in [-0.05, 0) is 52.7 Å². The van der Waals surface area contributed by atoms with E-state index in [2.05, 4.69) is 55.4 Å². The van der Waals surface area contributed by atoms with Gasteiger partial charge in [0.25, 0.3) is 0 Å². The van der Waals surface area contributed by atoms with Gasteiger partial charge in [-0.3, -0.25) is 0 Å². The van der Waals surface area contributed by atoms with Gasteiger partial charge in [-0.15, -0.1) is 0 Å². The average Bonchev–Trinajstić information content (AvgIpc) is 3.06. The Labute approximate surface area is 145 Å². The highest BCUT2D eigenvalue weighted by Gasteiger charge is 2.02. The number of methoxy groups -OCH3 is 1. The molecule has 23 heavy (non-hydrogen) atoms. The van der Waals surface area contributed by atoms with Crippen molar-refractivity contribution in [2.24, 2.45) is 4.99 Å². The van der Waals surface area contributed by atoms with E-state index in [9.17, 15) is 0 Å². The van der Waals surface area contributed by atoms with Crippen LogP contribution in [0.3, 0.4) is 0 Å². The van der Waals surface area contributed by atoms with Gasteiger partial charge in [-0.25, -0.2) is 4.99 Å². The van der Waals surface area contributed by atoms with Gasteiger partial charge in [-0.1, -0.05) is 6.07 Å². The molecular weight excluding hydrogens is 356 g/mol. The second kappa shape index (κ2) is 9.25. The van der Waals surface area contributed by atoms with E-state index >= 15 is 0 Å². The lowest BCUT2D eigenvalue weighted by Crippen LogP contribution is -2.38. The number of ether oxygens (including phenoxy) is 1. The molecule has 0 unspecified atom stereocenters. The van der Waals surface area contributed by atoms with Crippen LogP contribution in [0.15, 0.2) is 52.2 Å². The van der Waals surface area contributed by atoms with Crippen molar-refractivity contribution in [1.82, 2.24) is 15.2 Å². The molecule has 0 radical (unpaired) electrons. The zero-order valence-electron chi connectivity index (χ0n) is 13.6. The van der Waals surface area contributed by atoms with Crippen LogP contribution in [0.25, 0.3) is 0 Å². The number of nitrogens with one attached hydrogen (secondary N) is 2. The van der Waals surface area contributed by atoms with Gasteiger partial charge in [0.2, 0.25) is 0 Å². The maximum Gasteiger partial charge on any atom is 0.191 e. The largest absolute Gasteiger partial charge is 0.496 e. The number of hydrogen-bond donors (Lipinski definition) is 2. The standard InChI is InChI=1S/C17H23BrN4O/c1-3-19-17(20-8-11-22-9-4-5-10-22)21-13-14-6-7-16(23-2)15(18)12-14/h4-7,9-10,12H,3,8,11,13H2,1-2H3,(H2,19,20,21). The van der Waals surface area contributed by atoms with Crippen LogP contribution in [0.2, 0.25) is 0 Å². The average molecular weight is 379 g/mol. The third-order valence-electron chi connectivity index (χ3n) is 3.31. The second-order valence-corrected chi connectivity index (χ2v) is 5.87. The Morgan fingerprint density at radius 2 is 2.04 bits per heavy atom. The lowest BCUT2D eigenvalue weighted by atomic mass is 10.2. The molecule has 0 saturated carbocycles. The molecule has 1 heterocycles. The quantitative estimate of drug-likeness (QED) is 0.575. The van der Waals surface area contributed by atoms with Crippen molar-refractivity contribution in [3.05, 3.63) is 52.8 Å². The van der Waals surface area contributed by atoms with Crippen LogP contribution in [0.1, 0.15) is 12.5 Å². The van der Waals surface area contributed by atoms with Gasteiger partial charge in [-0.2, -0.15) is 0 Å². The highest BCUT2D eigenvalue weighted by Crippen LogP contribution is 2.25. The first-order valence-electron chi connectivity index (χ1n) is 7.68. The van der Waals surface area contributed by atoms with Gasteiger partial charge >= 0.3 is 0 Å². The fourth-order valence-electron chi connectivity index (χ4n) is 2.14. The molecule has 0 spiro atoms. The van der Waals surface area contributed by atoms with Gasteiger partial charge in [0.1, 0.15) is 5.75 Å². The Morgan fingerprint density at radius 3 is 2.70 bits per heavy atom. The van der Waals surface area contributed by atoms with E-state index in [0.29, 0.717) is 6.54 Å². The van der Waals surface area contributed by atoms with Crippen molar-refractivity contribution in [2.75, 3.05) is 20.2 Å².